The van der Waals surface area contributed by atoms with Crippen LogP contribution < -0.4 is 5.32 Å². The zero-order chi connectivity index (χ0) is 15.4. The van der Waals surface area contributed by atoms with E-state index in [9.17, 15) is 4.39 Å². The minimum atomic E-state index is -0.292. The average molecular weight is 306 g/mol. The summed E-state index contributed by atoms with van der Waals surface area (Å²) in [5.74, 6) is -0.292. The van der Waals surface area contributed by atoms with E-state index in [1.807, 2.05) is 7.05 Å². The molecule has 0 aromatic heterocycles. The molecule has 1 atom stereocenters. The molecule has 0 heterocycles. The lowest BCUT2D eigenvalue weighted by Gasteiger charge is -2.20. The van der Waals surface area contributed by atoms with Crippen LogP contribution in [0.1, 0.15) is 22.3 Å². The maximum Gasteiger partial charge on any atom is 0.124 e. The molecule has 0 spiro atoms. The zero-order valence-corrected chi connectivity index (χ0v) is 13.5. The van der Waals surface area contributed by atoms with Gasteiger partial charge in [0.1, 0.15) is 5.82 Å². The minimum Gasteiger partial charge on any atom is -0.316 e. The molecule has 0 aliphatic heterocycles. The molecule has 0 aliphatic carbocycles. The van der Waals surface area contributed by atoms with E-state index in [1.54, 1.807) is 6.07 Å². The second-order valence-electron chi connectivity index (χ2n) is 5.50. The second kappa shape index (κ2) is 7.06. The van der Waals surface area contributed by atoms with Crippen molar-refractivity contribution in [2.75, 3.05) is 7.05 Å². The number of nitrogens with one attached hydrogen (secondary N) is 1. The number of hydrogen-bond donors (Lipinski definition) is 1. The fourth-order valence-corrected chi connectivity index (χ4v) is 2.89. The first-order valence-electron chi connectivity index (χ1n) is 7.17. The Morgan fingerprint density at radius 1 is 1.10 bits per heavy atom. The summed E-state index contributed by atoms with van der Waals surface area (Å²) in [5, 5.41) is 3.84. The van der Waals surface area contributed by atoms with Crippen LogP contribution in [0.15, 0.2) is 36.4 Å². The number of rotatable bonds is 5. The number of hydrogen-bond acceptors (Lipinski definition) is 1. The van der Waals surface area contributed by atoms with Gasteiger partial charge in [0.2, 0.25) is 0 Å². The first-order valence-corrected chi connectivity index (χ1v) is 7.55. The van der Waals surface area contributed by atoms with Crippen LogP contribution in [0.2, 0.25) is 5.02 Å². The van der Waals surface area contributed by atoms with E-state index in [0.717, 1.165) is 18.4 Å². The Labute approximate surface area is 131 Å². The fourth-order valence-electron chi connectivity index (χ4n) is 2.65. The Bertz CT molecular complexity index is 604. The van der Waals surface area contributed by atoms with Crippen LogP contribution in [0.5, 0.6) is 0 Å². The van der Waals surface area contributed by atoms with Gasteiger partial charge in [-0.25, -0.2) is 4.39 Å². The normalized spacial score (nSPS) is 12.4. The van der Waals surface area contributed by atoms with Crippen molar-refractivity contribution < 1.29 is 4.39 Å². The molecule has 21 heavy (non-hydrogen) atoms. The summed E-state index contributed by atoms with van der Waals surface area (Å²) < 4.78 is 13.1. The molecule has 2 rings (SSSR count). The lowest BCUT2D eigenvalue weighted by molar-refractivity contribution is 0.553. The molecule has 1 N–H and O–H groups in total. The van der Waals surface area contributed by atoms with Gasteiger partial charge in [0.25, 0.3) is 0 Å². The number of aryl methyl sites for hydroxylation is 2. The molecule has 0 saturated carbocycles. The van der Waals surface area contributed by atoms with Gasteiger partial charge in [0.15, 0.2) is 0 Å². The van der Waals surface area contributed by atoms with Crippen molar-refractivity contribution in [1.29, 1.82) is 0 Å². The number of likely N-dealkylation sites (N-methyl/N-ethyl adjacent to an activating group) is 1. The van der Waals surface area contributed by atoms with Crippen LogP contribution in [0, 0.1) is 19.7 Å². The predicted molar refractivity (Wildman–Crippen MR) is 87.6 cm³/mol. The van der Waals surface area contributed by atoms with Crippen LogP contribution in [-0.2, 0) is 12.8 Å². The van der Waals surface area contributed by atoms with Crippen molar-refractivity contribution in [3.05, 3.63) is 69.5 Å². The van der Waals surface area contributed by atoms with Gasteiger partial charge < -0.3 is 5.32 Å². The number of halogens is 2. The molecule has 0 saturated heterocycles. The van der Waals surface area contributed by atoms with E-state index in [0.29, 0.717) is 5.02 Å². The molecule has 0 bridgehead atoms. The van der Waals surface area contributed by atoms with E-state index < -0.39 is 0 Å². The van der Waals surface area contributed by atoms with Crippen LogP contribution in [0.4, 0.5) is 4.39 Å². The Morgan fingerprint density at radius 2 is 1.76 bits per heavy atom. The molecular formula is C18H21ClFN. The standard InChI is InChI=1S/C18H21ClFN/c1-12-5-4-6-13(2)17(12)11-16(21-3)9-14-7-8-15(20)10-18(14)19/h4-8,10,16,21H,9,11H2,1-3H3. The molecule has 1 nitrogen and oxygen atoms in total. The highest BCUT2D eigenvalue weighted by Gasteiger charge is 2.13. The Kier molecular flexibility index (Phi) is 5.38. The summed E-state index contributed by atoms with van der Waals surface area (Å²) in [4.78, 5) is 0. The smallest absolute Gasteiger partial charge is 0.124 e. The van der Waals surface area contributed by atoms with Gasteiger partial charge in [0.05, 0.1) is 0 Å². The first kappa shape index (κ1) is 16.0. The summed E-state index contributed by atoms with van der Waals surface area (Å²) >= 11 is 6.13. The summed E-state index contributed by atoms with van der Waals surface area (Å²) in [5.41, 5.74) is 4.96. The summed E-state index contributed by atoms with van der Waals surface area (Å²) in [6, 6.07) is 11.2. The third-order valence-corrected chi connectivity index (χ3v) is 4.34. The molecule has 2 aromatic carbocycles. The highest BCUT2D eigenvalue weighted by atomic mass is 35.5. The molecule has 3 heteroatoms. The van der Waals surface area contributed by atoms with Gasteiger partial charge in [-0.15, -0.1) is 0 Å². The van der Waals surface area contributed by atoms with E-state index in [4.69, 9.17) is 11.6 Å². The van der Waals surface area contributed by atoms with Gasteiger partial charge >= 0.3 is 0 Å². The van der Waals surface area contributed by atoms with Crippen LogP contribution in [0.25, 0.3) is 0 Å². The molecule has 112 valence electrons. The van der Waals surface area contributed by atoms with E-state index in [2.05, 4.69) is 37.4 Å². The van der Waals surface area contributed by atoms with Gasteiger partial charge in [-0.2, -0.15) is 0 Å². The summed E-state index contributed by atoms with van der Waals surface area (Å²) in [6.07, 6.45) is 1.71. The molecule has 0 aliphatic rings. The lowest BCUT2D eigenvalue weighted by atomic mass is 9.93. The molecule has 1 unspecified atom stereocenters. The number of benzene rings is 2. The average Bonchev–Trinajstić information content (AvgIpc) is 2.44. The highest BCUT2D eigenvalue weighted by molar-refractivity contribution is 6.31. The largest absolute Gasteiger partial charge is 0.316 e. The molecule has 0 radical (unpaired) electrons. The molecular weight excluding hydrogens is 285 g/mol. The summed E-state index contributed by atoms with van der Waals surface area (Å²) in [6.45, 7) is 4.28. The first-order chi connectivity index (χ1) is 10.0. The SMILES string of the molecule is CNC(Cc1ccc(F)cc1Cl)Cc1c(C)cccc1C. The van der Waals surface area contributed by atoms with Crippen molar-refractivity contribution in [1.82, 2.24) is 5.32 Å². The molecule has 0 amide bonds. The Balaban J connectivity index is 2.17. The zero-order valence-electron chi connectivity index (χ0n) is 12.7. The predicted octanol–water partition coefficient (Wildman–Crippen LogP) is 4.47. The maximum atomic E-state index is 13.1. The maximum absolute atomic E-state index is 13.1. The van der Waals surface area contributed by atoms with Gasteiger partial charge in [0, 0.05) is 11.1 Å². The summed E-state index contributed by atoms with van der Waals surface area (Å²) in [7, 11) is 1.95. The monoisotopic (exact) mass is 305 g/mol. The fraction of sp³-hybridized carbons (Fsp3) is 0.333. The van der Waals surface area contributed by atoms with E-state index in [-0.39, 0.29) is 11.9 Å². The Morgan fingerprint density at radius 3 is 2.33 bits per heavy atom. The second-order valence-corrected chi connectivity index (χ2v) is 5.91. The Hall–Kier alpha value is -1.38. The van der Waals surface area contributed by atoms with E-state index in [1.165, 1.54) is 28.8 Å². The third kappa shape index (κ3) is 4.05. The molecule has 2 aromatic rings. The van der Waals surface area contributed by atoms with Crippen LogP contribution in [-0.4, -0.2) is 13.1 Å². The van der Waals surface area contributed by atoms with Crippen LogP contribution >= 0.6 is 11.6 Å². The minimum absolute atomic E-state index is 0.271. The van der Waals surface area contributed by atoms with Gasteiger partial charge in [-0.05, 0) is 68.1 Å². The lowest BCUT2D eigenvalue weighted by Crippen LogP contribution is -2.30. The van der Waals surface area contributed by atoms with Crippen LogP contribution in [0.3, 0.4) is 0 Å². The molecule has 0 fully saturated rings. The van der Waals surface area contributed by atoms with Gasteiger partial charge in [-0.1, -0.05) is 35.9 Å². The van der Waals surface area contributed by atoms with Crippen molar-refractivity contribution in [2.24, 2.45) is 0 Å². The van der Waals surface area contributed by atoms with Crippen molar-refractivity contribution in [2.45, 2.75) is 32.7 Å². The van der Waals surface area contributed by atoms with Crippen molar-refractivity contribution in [3.63, 3.8) is 0 Å². The third-order valence-electron chi connectivity index (χ3n) is 3.98. The van der Waals surface area contributed by atoms with Gasteiger partial charge in [-0.3, -0.25) is 0 Å². The van der Waals surface area contributed by atoms with Crippen molar-refractivity contribution in [3.8, 4) is 0 Å². The highest BCUT2D eigenvalue weighted by Crippen LogP contribution is 2.21. The van der Waals surface area contributed by atoms with E-state index >= 15 is 0 Å². The topological polar surface area (TPSA) is 12.0 Å². The quantitative estimate of drug-likeness (QED) is 0.859. The van der Waals surface area contributed by atoms with Crippen molar-refractivity contribution >= 4 is 11.6 Å².